The smallest absolute Gasteiger partial charge is 0.471 e. The fourth-order valence-electron chi connectivity index (χ4n) is 5.37. The van der Waals surface area contributed by atoms with Gasteiger partial charge in [-0.15, -0.1) is 11.8 Å². The van der Waals surface area contributed by atoms with Gasteiger partial charge in [0, 0.05) is 34.9 Å². The Kier molecular flexibility index (Phi) is 10.1. The molecule has 238 valence electrons. The lowest BCUT2D eigenvalue weighted by molar-refractivity contribution is -0.245. The van der Waals surface area contributed by atoms with Crippen molar-refractivity contribution in [1.82, 2.24) is 4.90 Å². The van der Waals surface area contributed by atoms with E-state index < -0.39 is 36.3 Å². The molecular formula is C32H31F3N2O7S. The molecule has 3 aromatic carbocycles. The Morgan fingerprint density at radius 2 is 1.64 bits per heavy atom. The molecule has 2 aliphatic rings. The molecule has 0 aliphatic carbocycles. The summed E-state index contributed by atoms with van der Waals surface area (Å²) in [7, 11) is 0. The maximum absolute atomic E-state index is 13.0. The Morgan fingerprint density at radius 3 is 2.31 bits per heavy atom. The number of anilines is 1. The number of benzene rings is 3. The number of hydrogen-bond donors (Lipinski definition) is 3. The fourth-order valence-corrected chi connectivity index (χ4v) is 6.43. The van der Waals surface area contributed by atoms with Gasteiger partial charge in [0.1, 0.15) is 6.04 Å². The summed E-state index contributed by atoms with van der Waals surface area (Å²) in [6.45, 7) is -0.239. The van der Waals surface area contributed by atoms with Crippen molar-refractivity contribution in [3.8, 4) is 0 Å². The summed E-state index contributed by atoms with van der Waals surface area (Å²) in [6, 6.07) is 19.4. The summed E-state index contributed by atoms with van der Waals surface area (Å²) in [5, 5.41) is 21.6. The molecule has 2 heterocycles. The Hall–Kier alpha value is -3.91. The number of carboxylic acids is 1. The second kappa shape index (κ2) is 14.0. The largest absolute Gasteiger partial charge is 0.478 e. The summed E-state index contributed by atoms with van der Waals surface area (Å²) in [4.78, 5) is 37.4. The average Bonchev–Trinajstić information content (AvgIpc) is 3.53. The predicted molar refractivity (Wildman–Crippen MR) is 158 cm³/mol. The molecule has 2 amide bonds. The molecule has 13 heteroatoms. The van der Waals surface area contributed by atoms with Crippen molar-refractivity contribution in [3.63, 3.8) is 0 Å². The summed E-state index contributed by atoms with van der Waals surface area (Å²) in [6.07, 6.45) is -5.68. The Balaban J connectivity index is 1.30. The molecule has 0 saturated carbocycles. The number of carbonyl (C=O) groups excluding carboxylic acids is 2. The number of aliphatic hydroxyl groups is 1. The van der Waals surface area contributed by atoms with E-state index in [4.69, 9.17) is 9.47 Å². The van der Waals surface area contributed by atoms with Crippen LogP contribution in [0.5, 0.6) is 0 Å². The Bertz CT molecular complexity index is 1520. The van der Waals surface area contributed by atoms with E-state index in [2.05, 4.69) is 5.32 Å². The topological polar surface area (TPSA) is 125 Å². The number of nitrogens with zero attached hydrogens (tertiary/aromatic N) is 1. The molecule has 5 rings (SSSR count). The molecule has 2 saturated heterocycles. The molecule has 4 atom stereocenters. The highest BCUT2D eigenvalue weighted by molar-refractivity contribution is 7.99. The summed E-state index contributed by atoms with van der Waals surface area (Å²) in [5.74, 6) is -3.31. The maximum atomic E-state index is 13.0. The van der Waals surface area contributed by atoms with E-state index in [1.54, 1.807) is 60.7 Å². The first-order valence-electron chi connectivity index (χ1n) is 14.3. The molecule has 45 heavy (non-hydrogen) atoms. The molecule has 2 fully saturated rings. The number of carbonyl (C=O) groups is 3. The van der Waals surface area contributed by atoms with E-state index in [0.29, 0.717) is 39.6 Å². The highest BCUT2D eigenvalue weighted by Gasteiger charge is 2.47. The van der Waals surface area contributed by atoms with E-state index in [-0.39, 0.29) is 37.3 Å². The minimum absolute atomic E-state index is 0.0971. The maximum Gasteiger partial charge on any atom is 0.471 e. The van der Waals surface area contributed by atoms with Gasteiger partial charge in [0.2, 0.25) is 5.91 Å². The SMILES string of the molecule is O=C(O)c1ccccc1SCC1CC(c2ccc(CO)cc2)OC(c2ccc(NC(=O)C3CCCN3C(=O)C(F)(F)F)cc2)O1. The van der Waals surface area contributed by atoms with Crippen LogP contribution in [0.1, 0.15) is 58.7 Å². The molecule has 0 spiro atoms. The first-order chi connectivity index (χ1) is 21.5. The van der Waals surface area contributed by atoms with E-state index in [1.165, 1.54) is 11.8 Å². The number of nitrogens with one attached hydrogen (secondary N) is 1. The van der Waals surface area contributed by atoms with Crippen LogP contribution in [0.3, 0.4) is 0 Å². The van der Waals surface area contributed by atoms with Gasteiger partial charge in [0.25, 0.3) is 0 Å². The van der Waals surface area contributed by atoms with Crippen molar-refractivity contribution in [2.24, 2.45) is 0 Å². The van der Waals surface area contributed by atoms with Crippen LogP contribution in [0.25, 0.3) is 0 Å². The molecule has 9 nitrogen and oxygen atoms in total. The third-order valence-corrected chi connectivity index (χ3v) is 8.87. The Morgan fingerprint density at radius 1 is 0.956 bits per heavy atom. The van der Waals surface area contributed by atoms with Crippen LogP contribution < -0.4 is 5.32 Å². The van der Waals surface area contributed by atoms with Crippen LogP contribution in [0.15, 0.2) is 77.7 Å². The van der Waals surface area contributed by atoms with Crippen LogP contribution in [-0.2, 0) is 25.7 Å². The van der Waals surface area contributed by atoms with E-state index in [1.807, 2.05) is 12.1 Å². The fraction of sp³-hybridized carbons (Fsp3) is 0.344. The van der Waals surface area contributed by atoms with Gasteiger partial charge in [0.05, 0.1) is 24.4 Å². The quantitative estimate of drug-likeness (QED) is 0.253. The lowest BCUT2D eigenvalue weighted by Crippen LogP contribution is -2.48. The molecular weight excluding hydrogens is 613 g/mol. The van der Waals surface area contributed by atoms with Gasteiger partial charge < -0.3 is 29.9 Å². The van der Waals surface area contributed by atoms with E-state index in [9.17, 15) is 37.8 Å². The first kappa shape index (κ1) is 32.5. The van der Waals surface area contributed by atoms with Crippen molar-refractivity contribution in [3.05, 3.63) is 95.1 Å². The Labute approximate surface area is 261 Å². The number of aromatic carboxylic acids is 1. The molecule has 0 radical (unpaired) electrons. The number of amides is 2. The summed E-state index contributed by atoms with van der Waals surface area (Å²) in [5.41, 5.74) is 2.78. The zero-order chi connectivity index (χ0) is 32.1. The highest BCUT2D eigenvalue weighted by Crippen LogP contribution is 2.40. The number of ether oxygens (including phenoxy) is 2. The van der Waals surface area contributed by atoms with Gasteiger partial charge in [-0.25, -0.2) is 4.79 Å². The van der Waals surface area contributed by atoms with Crippen molar-refractivity contribution in [1.29, 1.82) is 0 Å². The van der Waals surface area contributed by atoms with Crippen LogP contribution in [-0.4, -0.2) is 63.5 Å². The number of carboxylic acid groups (broad SMARTS) is 1. The standard InChI is InChI=1S/C32H31F3N2O7S/c33-32(34,35)31(42)37-15-3-5-25(37)28(39)36-22-13-11-21(12-14-22)30-43-23(18-45-27-6-2-1-4-24(27)29(40)41)16-26(44-30)20-9-7-19(17-38)8-10-20/h1-2,4,6-14,23,25-26,30,38H,3,5,15-18H2,(H,36,39)(H,40,41). The van der Waals surface area contributed by atoms with Gasteiger partial charge in [-0.2, -0.15) is 13.2 Å². The number of alkyl halides is 3. The number of halogens is 3. The highest BCUT2D eigenvalue weighted by atomic mass is 32.2. The lowest BCUT2D eigenvalue weighted by Gasteiger charge is -2.36. The van der Waals surface area contributed by atoms with Crippen LogP contribution in [0.2, 0.25) is 0 Å². The molecule has 2 aliphatic heterocycles. The summed E-state index contributed by atoms with van der Waals surface area (Å²) >= 11 is 1.37. The normalized spacial score (nSPS) is 21.8. The van der Waals surface area contributed by atoms with Crippen molar-refractivity contribution in [2.45, 2.75) is 61.5 Å². The molecule has 0 aromatic heterocycles. The van der Waals surface area contributed by atoms with Gasteiger partial charge in [0.15, 0.2) is 6.29 Å². The van der Waals surface area contributed by atoms with Crippen molar-refractivity contribution >= 4 is 35.2 Å². The number of hydrogen-bond acceptors (Lipinski definition) is 7. The third-order valence-electron chi connectivity index (χ3n) is 7.67. The van der Waals surface area contributed by atoms with Gasteiger partial charge in [-0.1, -0.05) is 48.5 Å². The molecule has 3 aromatic rings. The zero-order valence-corrected chi connectivity index (χ0v) is 24.7. The minimum atomic E-state index is -5.06. The number of aliphatic hydroxyl groups excluding tert-OH is 1. The van der Waals surface area contributed by atoms with Crippen molar-refractivity contribution in [2.75, 3.05) is 17.6 Å². The number of thioether (sulfide) groups is 1. The minimum Gasteiger partial charge on any atom is -0.478 e. The monoisotopic (exact) mass is 644 g/mol. The van der Waals surface area contributed by atoms with E-state index >= 15 is 0 Å². The lowest BCUT2D eigenvalue weighted by atomic mass is 10.0. The van der Waals surface area contributed by atoms with Crippen molar-refractivity contribution < 1.29 is 47.2 Å². The van der Waals surface area contributed by atoms with Gasteiger partial charge in [-0.05, 0) is 48.2 Å². The average molecular weight is 645 g/mol. The van der Waals surface area contributed by atoms with Crippen LogP contribution in [0, 0.1) is 0 Å². The molecule has 4 unspecified atom stereocenters. The van der Waals surface area contributed by atoms with Gasteiger partial charge in [-0.3, -0.25) is 9.59 Å². The predicted octanol–water partition coefficient (Wildman–Crippen LogP) is 5.71. The zero-order valence-electron chi connectivity index (χ0n) is 23.9. The van der Waals surface area contributed by atoms with Crippen LogP contribution in [0.4, 0.5) is 18.9 Å². The van der Waals surface area contributed by atoms with Gasteiger partial charge >= 0.3 is 18.1 Å². The molecule has 0 bridgehead atoms. The summed E-state index contributed by atoms with van der Waals surface area (Å²) < 4.78 is 51.6. The third kappa shape index (κ3) is 7.85. The van der Waals surface area contributed by atoms with Crippen LogP contribution >= 0.6 is 11.8 Å². The second-order valence-electron chi connectivity index (χ2n) is 10.7. The number of rotatable bonds is 9. The first-order valence-corrected chi connectivity index (χ1v) is 15.3. The number of likely N-dealkylation sites (tertiary alicyclic amines) is 1. The molecule has 3 N–H and O–H groups in total. The van der Waals surface area contributed by atoms with E-state index in [0.717, 1.165) is 11.1 Å². The second-order valence-corrected chi connectivity index (χ2v) is 11.8.